The summed E-state index contributed by atoms with van der Waals surface area (Å²) in [5, 5.41) is 12.5. The van der Waals surface area contributed by atoms with Gasteiger partial charge in [0.1, 0.15) is 0 Å². The lowest BCUT2D eigenvalue weighted by molar-refractivity contribution is 0.0885. The minimum Gasteiger partial charge on any atom is -0.396 e. The van der Waals surface area contributed by atoms with E-state index < -0.39 is 0 Å². The Hall–Kier alpha value is -1.06. The van der Waals surface area contributed by atoms with Crippen LogP contribution in [0.25, 0.3) is 0 Å². The number of amides is 1. The number of benzene rings is 1. The van der Waals surface area contributed by atoms with Gasteiger partial charge in [-0.05, 0) is 36.5 Å². The lowest BCUT2D eigenvalue weighted by atomic mass is 9.84. The molecule has 0 aromatic heterocycles. The number of hydrogen-bond acceptors (Lipinski definition) is 2. The maximum atomic E-state index is 12.2. The zero-order valence-electron chi connectivity index (χ0n) is 12.0. The van der Waals surface area contributed by atoms with Gasteiger partial charge in [0.15, 0.2) is 0 Å². The predicted octanol–water partition coefficient (Wildman–Crippen LogP) is 3.18. The Morgan fingerprint density at radius 2 is 2.05 bits per heavy atom. The maximum absolute atomic E-state index is 12.2. The SMILES string of the molecule is Cc1ccc(C(=O)NC(CCO)C(C)(C)C)c(Cl)c1. The number of halogens is 1. The largest absolute Gasteiger partial charge is 0.396 e. The van der Waals surface area contributed by atoms with Gasteiger partial charge in [0, 0.05) is 12.6 Å². The summed E-state index contributed by atoms with van der Waals surface area (Å²) in [6.07, 6.45) is 0.527. The van der Waals surface area contributed by atoms with Gasteiger partial charge in [-0.3, -0.25) is 4.79 Å². The quantitative estimate of drug-likeness (QED) is 0.892. The number of aryl methyl sites for hydroxylation is 1. The van der Waals surface area contributed by atoms with Gasteiger partial charge in [-0.1, -0.05) is 38.4 Å². The zero-order valence-corrected chi connectivity index (χ0v) is 12.7. The molecular formula is C15H22ClNO2. The highest BCUT2D eigenvalue weighted by Gasteiger charge is 2.26. The molecule has 3 nitrogen and oxygen atoms in total. The molecule has 0 bridgehead atoms. The van der Waals surface area contributed by atoms with Crippen molar-refractivity contribution >= 4 is 17.5 Å². The fraction of sp³-hybridized carbons (Fsp3) is 0.533. The highest BCUT2D eigenvalue weighted by molar-refractivity contribution is 6.33. The van der Waals surface area contributed by atoms with E-state index >= 15 is 0 Å². The third-order valence-corrected chi connectivity index (χ3v) is 3.45. The van der Waals surface area contributed by atoms with Gasteiger partial charge in [-0.2, -0.15) is 0 Å². The zero-order chi connectivity index (χ0) is 14.6. The molecule has 0 radical (unpaired) electrons. The van der Waals surface area contributed by atoms with E-state index in [1.165, 1.54) is 0 Å². The molecule has 0 spiro atoms. The van der Waals surface area contributed by atoms with Crippen LogP contribution in [0.2, 0.25) is 5.02 Å². The van der Waals surface area contributed by atoms with Crippen molar-refractivity contribution in [3.05, 3.63) is 34.3 Å². The van der Waals surface area contributed by atoms with Crippen LogP contribution < -0.4 is 5.32 Å². The van der Waals surface area contributed by atoms with Crippen LogP contribution >= 0.6 is 11.6 Å². The molecule has 0 fully saturated rings. The van der Waals surface area contributed by atoms with Gasteiger partial charge in [-0.15, -0.1) is 0 Å². The Morgan fingerprint density at radius 3 is 2.53 bits per heavy atom. The van der Waals surface area contributed by atoms with Crippen LogP contribution in [-0.2, 0) is 0 Å². The van der Waals surface area contributed by atoms with Crippen LogP contribution in [0, 0.1) is 12.3 Å². The molecule has 0 heterocycles. The van der Waals surface area contributed by atoms with Crippen LogP contribution in [0.5, 0.6) is 0 Å². The second kappa shape index (κ2) is 6.40. The monoisotopic (exact) mass is 283 g/mol. The summed E-state index contributed by atoms with van der Waals surface area (Å²) in [5.41, 5.74) is 1.37. The second-order valence-electron chi connectivity index (χ2n) is 5.89. The fourth-order valence-electron chi connectivity index (χ4n) is 1.89. The second-order valence-corrected chi connectivity index (χ2v) is 6.29. The third-order valence-electron chi connectivity index (χ3n) is 3.14. The smallest absolute Gasteiger partial charge is 0.253 e. The number of nitrogens with one attached hydrogen (secondary N) is 1. The van der Waals surface area contributed by atoms with E-state index in [4.69, 9.17) is 16.7 Å². The first kappa shape index (κ1) is 16.0. The molecule has 0 aliphatic heterocycles. The van der Waals surface area contributed by atoms with Crippen LogP contribution in [-0.4, -0.2) is 23.7 Å². The predicted molar refractivity (Wildman–Crippen MR) is 78.6 cm³/mol. The molecule has 1 aromatic rings. The highest BCUT2D eigenvalue weighted by atomic mass is 35.5. The molecule has 1 amide bonds. The Balaban J connectivity index is 2.88. The molecule has 0 aliphatic rings. The first-order chi connectivity index (χ1) is 8.75. The summed E-state index contributed by atoms with van der Waals surface area (Å²) in [6.45, 7) is 8.07. The number of rotatable bonds is 4. The van der Waals surface area contributed by atoms with Crippen molar-refractivity contribution in [2.24, 2.45) is 5.41 Å². The standard InChI is InChI=1S/C15H22ClNO2/c1-10-5-6-11(12(16)9-10)14(19)17-13(7-8-18)15(2,3)4/h5-6,9,13,18H,7-8H2,1-4H3,(H,17,19). The molecule has 0 saturated carbocycles. The van der Waals surface area contributed by atoms with Crippen LogP contribution in [0.1, 0.15) is 43.1 Å². The number of aliphatic hydroxyl groups is 1. The van der Waals surface area contributed by atoms with Gasteiger partial charge in [-0.25, -0.2) is 0 Å². The average Bonchev–Trinajstić information content (AvgIpc) is 2.26. The van der Waals surface area contributed by atoms with Gasteiger partial charge >= 0.3 is 0 Å². The summed E-state index contributed by atoms with van der Waals surface area (Å²) in [4.78, 5) is 12.2. The summed E-state index contributed by atoms with van der Waals surface area (Å²) >= 11 is 6.09. The summed E-state index contributed by atoms with van der Waals surface area (Å²) in [6, 6.07) is 5.27. The van der Waals surface area contributed by atoms with E-state index in [1.54, 1.807) is 12.1 Å². The Morgan fingerprint density at radius 1 is 1.42 bits per heavy atom. The Bertz CT molecular complexity index is 452. The topological polar surface area (TPSA) is 49.3 Å². The van der Waals surface area contributed by atoms with Gasteiger partial charge in [0.25, 0.3) is 5.91 Å². The lowest BCUT2D eigenvalue weighted by Gasteiger charge is -2.31. The molecule has 1 unspecified atom stereocenters. The van der Waals surface area contributed by atoms with Crippen molar-refractivity contribution in [2.45, 2.75) is 40.2 Å². The molecule has 1 atom stereocenters. The average molecular weight is 284 g/mol. The molecule has 1 aromatic carbocycles. The number of aliphatic hydroxyl groups excluding tert-OH is 1. The lowest BCUT2D eigenvalue weighted by Crippen LogP contribution is -2.44. The van der Waals surface area contributed by atoms with E-state index in [-0.39, 0.29) is 24.0 Å². The minimum absolute atomic E-state index is 0.0455. The van der Waals surface area contributed by atoms with Crippen molar-refractivity contribution in [2.75, 3.05) is 6.61 Å². The molecule has 106 valence electrons. The van der Waals surface area contributed by atoms with E-state index in [0.29, 0.717) is 17.0 Å². The van der Waals surface area contributed by atoms with E-state index in [2.05, 4.69) is 5.32 Å². The van der Waals surface area contributed by atoms with Crippen molar-refractivity contribution in [3.63, 3.8) is 0 Å². The van der Waals surface area contributed by atoms with E-state index in [1.807, 2.05) is 33.8 Å². The Kier molecular flexibility index (Phi) is 5.39. The van der Waals surface area contributed by atoms with Gasteiger partial charge in [0.05, 0.1) is 10.6 Å². The molecule has 1 rings (SSSR count). The molecule has 4 heteroatoms. The third kappa shape index (κ3) is 4.51. The van der Waals surface area contributed by atoms with Crippen LogP contribution in [0.4, 0.5) is 0 Å². The normalized spacial score (nSPS) is 13.2. The van der Waals surface area contributed by atoms with Crippen LogP contribution in [0.15, 0.2) is 18.2 Å². The van der Waals surface area contributed by atoms with Crippen molar-refractivity contribution in [1.29, 1.82) is 0 Å². The molecule has 0 saturated heterocycles. The van der Waals surface area contributed by atoms with Crippen molar-refractivity contribution in [3.8, 4) is 0 Å². The highest BCUT2D eigenvalue weighted by Crippen LogP contribution is 2.23. The first-order valence-electron chi connectivity index (χ1n) is 6.43. The number of carbonyl (C=O) groups excluding carboxylic acids is 1. The summed E-state index contributed by atoms with van der Waals surface area (Å²) < 4.78 is 0. The van der Waals surface area contributed by atoms with Gasteiger partial charge in [0.2, 0.25) is 0 Å². The molecular weight excluding hydrogens is 262 g/mol. The molecule has 0 aliphatic carbocycles. The summed E-state index contributed by atoms with van der Waals surface area (Å²) in [7, 11) is 0. The van der Waals surface area contributed by atoms with Crippen LogP contribution in [0.3, 0.4) is 0 Å². The van der Waals surface area contributed by atoms with Crippen molar-refractivity contribution in [1.82, 2.24) is 5.32 Å². The fourth-order valence-corrected chi connectivity index (χ4v) is 2.21. The summed E-state index contributed by atoms with van der Waals surface area (Å²) in [5.74, 6) is -0.196. The number of carbonyl (C=O) groups is 1. The minimum atomic E-state index is -0.196. The van der Waals surface area contributed by atoms with E-state index in [9.17, 15) is 4.79 Å². The maximum Gasteiger partial charge on any atom is 0.253 e. The van der Waals surface area contributed by atoms with Crippen molar-refractivity contribution < 1.29 is 9.90 Å². The molecule has 2 N–H and O–H groups in total. The van der Waals surface area contributed by atoms with E-state index in [0.717, 1.165) is 5.56 Å². The first-order valence-corrected chi connectivity index (χ1v) is 6.81. The Labute approximate surface area is 120 Å². The number of hydrogen-bond donors (Lipinski definition) is 2. The van der Waals surface area contributed by atoms with Gasteiger partial charge < -0.3 is 10.4 Å². The molecule has 19 heavy (non-hydrogen) atoms.